The fourth-order valence-electron chi connectivity index (χ4n) is 2.31. The molecule has 8 heteroatoms. The van der Waals surface area contributed by atoms with Gasteiger partial charge in [0.25, 0.3) is 0 Å². The van der Waals surface area contributed by atoms with Crippen LogP contribution in [-0.4, -0.2) is 49.4 Å². The molecule has 0 amide bonds. The van der Waals surface area contributed by atoms with E-state index in [1.165, 1.54) is 14.2 Å². The van der Waals surface area contributed by atoms with Crippen molar-refractivity contribution in [2.45, 2.75) is 32.5 Å². The molecule has 24 heavy (non-hydrogen) atoms. The van der Waals surface area contributed by atoms with Crippen molar-refractivity contribution < 1.29 is 24.0 Å². The Labute approximate surface area is 141 Å². The maximum Gasteiger partial charge on any atom is 0.360 e. The zero-order valence-electron chi connectivity index (χ0n) is 14.6. The maximum atomic E-state index is 11.9. The minimum atomic E-state index is -0.576. The summed E-state index contributed by atoms with van der Waals surface area (Å²) in [5, 5.41) is 7.08. The molecule has 2 rings (SSSR count). The van der Waals surface area contributed by atoms with E-state index in [2.05, 4.69) is 12.1 Å². The highest BCUT2D eigenvalue weighted by Gasteiger charge is 2.42. The molecule has 0 saturated carbocycles. The number of esters is 1. The number of hydrogen-bond acceptors (Lipinski definition) is 8. The first-order valence-electron chi connectivity index (χ1n) is 7.66. The molecule has 1 aromatic carbocycles. The number of nitrogens with zero attached hydrogens (tertiary/aromatic N) is 3. The van der Waals surface area contributed by atoms with Gasteiger partial charge in [-0.05, 0) is 19.4 Å². The van der Waals surface area contributed by atoms with E-state index in [0.717, 1.165) is 12.0 Å². The van der Waals surface area contributed by atoms with Crippen molar-refractivity contribution in [3.05, 3.63) is 35.4 Å². The number of hydrazine groups is 1. The topological polar surface area (TPSA) is 72.8 Å². The smallest absolute Gasteiger partial charge is 0.360 e. The monoisotopic (exact) mass is 337 g/mol. The van der Waals surface area contributed by atoms with Gasteiger partial charge in [-0.15, -0.1) is 0 Å². The fraction of sp³-hybridized carbons (Fsp3) is 0.500. The molecular formula is C16H23N3O5. The number of carbonyl (C=O) groups is 1. The average molecular weight is 337 g/mol. The Bertz CT molecular complexity index is 607. The molecule has 1 fully saturated rings. The first-order chi connectivity index (χ1) is 11.6. The quantitative estimate of drug-likeness (QED) is 0.428. The van der Waals surface area contributed by atoms with Crippen LogP contribution in [0, 0.1) is 0 Å². The Hall–Kier alpha value is -2.00. The normalized spacial score (nSPS) is 20.4. The molecule has 0 aromatic heterocycles. The fourth-order valence-corrected chi connectivity index (χ4v) is 2.31. The lowest BCUT2D eigenvalue weighted by molar-refractivity contribution is -0.577. The van der Waals surface area contributed by atoms with Crippen LogP contribution in [-0.2, 0) is 24.0 Å². The number of hydroxylamine groups is 2. The van der Waals surface area contributed by atoms with E-state index in [0.29, 0.717) is 5.56 Å². The van der Waals surface area contributed by atoms with E-state index in [4.69, 9.17) is 19.2 Å². The Balaban J connectivity index is 2.25. The highest BCUT2D eigenvalue weighted by molar-refractivity contribution is 6.43. The summed E-state index contributed by atoms with van der Waals surface area (Å²) in [6.45, 7) is 4.11. The van der Waals surface area contributed by atoms with E-state index >= 15 is 0 Å². The van der Waals surface area contributed by atoms with Crippen molar-refractivity contribution in [3.63, 3.8) is 0 Å². The first-order valence-corrected chi connectivity index (χ1v) is 7.66. The molecule has 0 spiro atoms. The molecule has 8 nitrogen and oxygen atoms in total. The Morgan fingerprint density at radius 2 is 2.12 bits per heavy atom. The number of oxime groups is 1. The number of carbonyl (C=O) groups excluding carboxylic acids is 1. The van der Waals surface area contributed by atoms with Gasteiger partial charge < -0.3 is 9.57 Å². The highest BCUT2D eigenvalue weighted by atomic mass is 16.9. The van der Waals surface area contributed by atoms with Crippen molar-refractivity contribution >= 4 is 11.7 Å². The van der Waals surface area contributed by atoms with Gasteiger partial charge in [0.05, 0.1) is 20.3 Å². The Kier molecular flexibility index (Phi) is 6.27. The van der Waals surface area contributed by atoms with Crippen LogP contribution in [0.2, 0.25) is 0 Å². The molecular weight excluding hydrogens is 314 g/mol. The first kappa shape index (κ1) is 18.3. The van der Waals surface area contributed by atoms with Gasteiger partial charge >= 0.3 is 5.97 Å². The third-order valence-electron chi connectivity index (χ3n) is 3.76. The molecule has 1 heterocycles. The van der Waals surface area contributed by atoms with Crippen LogP contribution in [0.1, 0.15) is 37.6 Å². The number of ether oxygens (including phenoxy) is 1. The van der Waals surface area contributed by atoms with Gasteiger partial charge in [0.15, 0.2) is 11.9 Å². The lowest BCUT2D eigenvalue weighted by Gasteiger charge is -2.49. The molecule has 0 aliphatic carbocycles. The summed E-state index contributed by atoms with van der Waals surface area (Å²) in [5.74, 6) is -0.576. The summed E-state index contributed by atoms with van der Waals surface area (Å²) < 4.78 is 4.74. The van der Waals surface area contributed by atoms with Crippen molar-refractivity contribution in [2.75, 3.05) is 21.3 Å². The largest absolute Gasteiger partial charge is 0.464 e. The predicted octanol–water partition coefficient (Wildman–Crippen LogP) is 2.03. The minimum absolute atomic E-state index is 0.0870. The third kappa shape index (κ3) is 3.57. The lowest BCUT2D eigenvalue weighted by atomic mass is 10.1. The molecule has 2 atom stereocenters. The summed E-state index contributed by atoms with van der Waals surface area (Å²) in [6, 6.07) is 7.42. The van der Waals surface area contributed by atoms with Gasteiger partial charge in [0.1, 0.15) is 7.11 Å². The summed E-state index contributed by atoms with van der Waals surface area (Å²) in [7, 11) is 4.25. The molecule has 132 valence electrons. The van der Waals surface area contributed by atoms with Crippen LogP contribution in [0.4, 0.5) is 0 Å². The Morgan fingerprint density at radius 1 is 1.38 bits per heavy atom. The van der Waals surface area contributed by atoms with E-state index in [-0.39, 0.29) is 11.8 Å². The molecule has 1 aliphatic rings. The summed E-state index contributed by atoms with van der Waals surface area (Å²) in [4.78, 5) is 27.8. The van der Waals surface area contributed by atoms with Crippen molar-refractivity contribution in [3.8, 4) is 0 Å². The molecule has 2 unspecified atom stereocenters. The van der Waals surface area contributed by atoms with Gasteiger partial charge in [0, 0.05) is 11.1 Å². The molecule has 0 bridgehead atoms. The second-order valence-corrected chi connectivity index (χ2v) is 5.24. The standard InChI is InChI=1S/C16H23N3O5/c1-6-11(2)18-19(23-5)15(24-18)13-9-7-8-12(10-13)14(17-22-4)16(20)21-3/h7-11,15H,6H2,1-5H3. The van der Waals surface area contributed by atoms with E-state index < -0.39 is 12.2 Å². The summed E-state index contributed by atoms with van der Waals surface area (Å²) in [5.41, 5.74) is 1.48. The van der Waals surface area contributed by atoms with Crippen LogP contribution < -0.4 is 0 Å². The Morgan fingerprint density at radius 3 is 2.71 bits per heavy atom. The van der Waals surface area contributed by atoms with Gasteiger partial charge in [-0.1, -0.05) is 40.6 Å². The molecule has 1 saturated heterocycles. The van der Waals surface area contributed by atoms with Gasteiger partial charge in [-0.25, -0.2) is 4.79 Å². The highest BCUT2D eigenvalue weighted by Crippen LogP contribution is 2.36. The zero-order valence-corrected chi connectivity index (χ0v) is 14.6. The van der Waals surface area contributed by atoms with Crippen LogP contribution >= 0.6 is 0 Å². The van der Waals surface area contributed by atoms with E-state index in [1.54, 1.807) is 29.6 Å². The van der Waals surface area contributed by atoms with Gasteiger partial charge in [-0.2, -0.15) is 0 Å². The molecule has 0 N–H and O–H groups in total. The van der Waals surface area contributed by atoms with Crippen LogP contribution in [0.5, 0.6) is 0 Å². The summed E-state index contributed by atoms with van der Waals surface area (Å²) in [6.07, 6.45) is 0.518. The molecule has 1 aromatic rings. The van der Waals surface area contributed by atoms with E-state index in [9.17, 15) is 4.79 Å². The SMILES string of the molecule is CCC(C)N1OC(c2cccc(C(=NOC)C(=O)OC)c2)N1OC. The lowest BCUT2D eigenvalue weighted by Crippen LogP contribution is -2.59. The van der Waals surface area contributed by atoms with Crippen LogP contribution in [0.3, 0.4) is 0 Å². The minimum Gasteiger partial charge on any atom is -0.464 e. The molecule has 1 aliphatic heterocycles. The number of hydrogen-bond donors (Lipinski definition) is 0. The van der Waals surface area contributed by atoms with Crippen LogP contribution in [0.15, 0.2) is 29.4 Å². The van der Waals surface area contributed by atoms with E-state index in [1.807, 2.05) is 19.1 Å². The van der Waals surface area contributed by atoms with Gasteiger partial charge in [-0.3, -0.25) is 9.68 Å². The number of benzene rings is 1. The zero-order chi connectivity index (χ0) is 17.7. The average Bonchev–Trinajstić information content (AvgIpc) is 2.58. The maximum absolute atomic E-state index is 11.9. The number of methoxy groups -OCH3 is 1. The second-order valence-electron chi connectivity index (χ2n) is 5.24. The number of rotatable bonds is 7. The molecule has 0 radical (unpaired) electrons. The second kappa shape index (κ2) is 8.20. The van der Waals surface area contributed by atoms with Gasteiger partial charge in [0.2, 0.25) is 0 Å². The third-order valence-corrected chi connectivity index (χ3v) is 3.76. The predicted molar refractivity (Wildman–Crippen MR) is 86.3 cm³/mol. The van der Waals surface area contributed by atoms with Crippen molar-refractivity contribution in [1.82, 2.24) is 10.3 Å². The van der Waals surface area contributed by atoms with Crippen molar-refractivity contribution in [1.29, 1.82) is 0 Å². The van der Waals surface area contributed by atoms with Crippen LogP contribution in [0.25, 0.3) is 0 Å². The van der Waals surface area contributed by atoms with Crippen molar-refractivity contribution in [2.24, 2.45) is 5.16 Å². The summed E-state index contributed by atoms with van der Waals surface area (Å²) >= 11 is 0.